The van der Waals surface area contributed by atoms with Crippen molar-refractivity contribution in [3.8, 4) is 5.75 Å². The molecule has 3 atom stereocenters. The van der Waals surface area contributed by atoms with Crippen LogP contribution in [0.5, 0.6) is 5.75 Å². The Balaban J connectivity index is 1.96. The molecule has 10 nitrogen and oxygen atoms in total. The molecule has 34 heavy (non-hydrogen) atoms. The minimum Gasteiger partial charge on any atom is -0.491 e. The summed E-state index contributed by atoms with van der Waals surface area (Å²) < 4.78 is 37.7. The molecule has 3 rings (SSSR count). The summed E-state index contributed by atoms with van der Waals surface area (Å²) in [6.45, 7) is 6.19. The van der Waals surface area contributed by atoms with Crippen molar-refractivity contribution in [3.05, 3.63) is 48.0 Å². The second kappa shape index (κ2) is 11.1. The van der Waals surface area contributed by atoms with E-state index in [1.54, 1.807) is 49.7 Å². The lowest BCUT2D eigenvalue weighted by molar-refractivity contribution is 0.00918. The van der Waals surface area contributed by atoms with Crippen LogP contribution in [0.15, 0.2) is 36.9 Å². The van der Waals surface area contributed by atoms with E-state index < -0.39 is 10.0 Å². The van der Waals surface area contributed by atoms with E-state index in [1.165, 1.54) is 6.33 Å². The molecular weight excluding hydrogens is 458 g/mol. The first kappa shape index (κ1) is 25.9. The SMILES string of the molecule is CO[C@@H]1CN(C)C(=O)c2ccc(NS(C)(=O)=O)cc2OC[C@H](C)N(Cc2cncnc2)C[C@@H]1C. The zero-order chi connectivity index (χ0) is 24.9. The summed E-state index contributed by atoms with van der Waals surface area (Å²) in [5.74, 6) is 0.233. The van der Waals surface area contributed by atoms with E-state index in [2.05, 4.69) is 33.4 Å². The largest absolute Gasteiger partial charge is 0.491 e. The average Bonchev–Trinajstić information content (AvgIpc) is 2.79. The molecule has 0 saturated carbocycles. The van der Waals surface area contributed by atoms with Crippen molar-refractivity contribution in [1.29, 1.82) is 0 Å². The molecule has 0 fully saturated rings. The van der Waals surface area contributed by atoms with Crippen molar-refractivity contribution in [1.82, 2.24) is 19.8 Å². The fraction of sp³-hybridized carbons (Fsp3) is 0.522. The van der Waals surface area contributed by atoms with Crippen LogP contribution in [0.3, 0.4) is 0 Å². The lowest BCUT2D eigenvalue weighted by Crippen LogP contribution is -2.46. The highest BCUT2D eigenvalue weighted by atomic mass is 32.2. The van der Waals surface area contributed by atoms with Crippen LogP contribution < -0.4 is 9.46 Å². The molecule has 0 unspecified atom stereocenters. The summed E-state index contributed by atoms with van der Waals surface area (Å²) in [6.07, 6.45) is 5.99. The minimum absolute atomic E-state index is 0.0215. The Morgan fingerprint density at radius 1 is 1.21 bits per heavy atom. The first-order valence-corrected chi connectivity index (χ1v) is 13.0. The number of hydrogen-bond donors (Lipinski definition) is 1. The van der Waals surface area contributed by atoms with Gasteiger partial charge in [-0.1, -0.05) is 6.92 Å². The average molecular weight is 492 g/mol. The summed E-state index contributed by atoms with van der Waals surface area (Å²) in [5.41, 5.74) is 1.67. The first-order valence-electron chi connectivity index (χ1n) is 11.1. The molecule has 0 bridgehead atoms. The lowest BCUT2D eigenvalue weighted by atomic mass is 10.0. The predicted molar refractivity (Wildman–Crippen MR) is 129 cm³/mol. The second-order valence-corrected chi connectivity index (χ2v) is 10.6. The topological polar surface area (TPSA) is 114 Å². The van der Waals surface area contributed by atoms with Crippen LogP contribution in [0.4, 0.5) is 5.69 Å². The smallest absolute Gasteiger partial charge is 0.257 e. The summed E-state index contributed by atoms with van der Waals surface area (Å²) >= 11 is 0. The number of fused-ring (bicyclic) bond motifs is 1. The molecule has 0 aliphatic carbocycles. The van der Waals surface area contributed by atoms with Gasteiger partial charge in [-0.15, -0.1) is 0 Å². The Hall–Kier alpha value is -2.76. The maximum Gasteiger partial charge on any atom is 0.257 e. The zero-order valence-corrected chi connectivity index (χ0v) is 21.1. The summed E-state index contributed by atoms with van der Waals surface area (Å²) in [4.78, 5) is 25.4. The molecule has 1 amide bonds. The van der Waals surface area contributed by atoms with Gasteiger partial charge in [-0.05, 0) is 25.0 Å². The van der Waals surface area contributed by atoms with E-state index in [0.717, 1.165) is 11.8 Å². The molecule has 0 saturated heterocycles. The molecule has 11 heteroatoms. The van der Waals surface area contributed by atoms with Crippen LogP contribution in [-0.2, 0) is 21.3 Å². The van der Waals surface area contributed by atoms with Crippen LogP contribution >= 0.6 is 0 Å². The fourth-order valence-corrected chi connectivity index (χ4v) is 4.55. The minimum atomic E-state index is -3.48. The summed E-state index contributed by atoms with van der Waals surface area (Å²) in [7, 11) is -0.0962. The number of hydrogen-bond acceptors (Lipinski definition) is 8. The number of ether oxygens (including phenoxy) is 2. The standard InChI is InChI=1S/C23H33N5O5S/c1-16-11-28(12-18-9-24-15-25-10-18)17(2)14-33-21-8-19(26-34(5,30)31)6-7-20(21)23(29)27(3)13-22(16)32-4/h6-10,15-17,22,26H,11-14H2,1-5H3/t16-,17-,22+/m0/s1. The van der Waals surface area contributed by atoms with Gasteiger partial charge in [0.1, 0.15) is 18.7 Å². The predicted octanol–water partition coefficient (Wildman–Crippen LogP) is 1.85. The third-order valence-corrected chi connectivity index (χ3v) is 6.49. The van der Waals surface area contributed by atoms with Crippen LogP contribution in [0.25, 0.3) is 0 Å². The van der Waals surface area contributed by atoms with Gasteiger partial charge in [-0.3, -0.25) is 14.4 Å². The second-order valence-electron chi connectivity index (χ2n) is 8.86. The zero-order valence-electron chi connectivity index (χ0n) is 20.3. The van der Waals surface area contributed by atoms with Crippen molar-refractivity contribution < 1.29 is 22.7 Å². The van der Waals surface area contributed by atoms with Crippen LogP contribution in [0, 0.1) is 5.92 Å². The maximum atomic E-state index is 13.2. The molecule has 1 aromatic carbocycles. The van der Waals surface area contributed by atoms with E-state index in [4.69, 9.17) is 9.47 Å². The van der Waals surface area contributed by atoms with E-state index in [-0.39, 0.29) is 24.0 Å². The van der Waals surface area contributed by atoms with Gasteiger partial charge in [-0.25, -0.2) is 18.4 Å². The van der Waals surface area contributed by atoms with Crippen molar-refractivity contribution >= 4 is 21.6 Å². The number of nitrogens with one attached hydrogen (secondary N) is 1. The number of carbonyl (C=O) groups excluding carboxylic acids is 1. The van der Waals surface area contributed by atoms with Crippen LogP contribution in [0.2, 0.25) is 0 Å². The highest BCUT2D eigenvalue weighted by Gasteiger charge is 2.28. The van der Waals surface area contributed by atoms with Crippen molar-refractivity contribution in [2.75, 3.05) is 44.8 Å². The number of benzene rings is 1. The molecule has 2 heterocycles. The molecular formula is C23H33N5O5S. The Morgan fingerprint density at radius 2 is 1.91 bits per heavy atom. The summed E-state index contributed by atoms with van der Waals surface area (Å²) in [5, 5.41) is 0. The van der Waals surface area contributed by atoms with E-state index in [0.29, 0.717) is 43.2 Å². The van der Waals surface area contributed by atoms with E-state index >= 15 is 0 Å². The molecule has 2 aromatic rings. The monoisotopic (exact) mass is 491 g/mol. The van der Waals surface area contributed by atoms with E-state index in [9.17, 15) is 13.2 Å². The quantitative estimate of drug-likeness (QED) is 0.674. The Bertz CT molecular complexity index is 1080. The number of anilines is 1. The van der Waals surface area contributed by atoms with Gasteiger partial charge in [0.2, 0.25) is 10.0 Å². The van der Waals surface area contributed by atoms with Gasteiger partial charge in [0.05, 0.1) is 23.6 Å². The van der Waals surface area contributed by atoms with Crippen molar-refractivity contribution in [3.63, 3.8) is 0 Å². The number of rotatable bonds is 5. The molecule has 1 aromatic heterocycles. The fourth-order valence-electron chi connectivity index (χ4n) is 3.99. The van der Waals surface area contributed by atoms with E-state index in [1.807, 2.05) is 0 Å². The van der Waals surface area contributed by atoms with Gasteiger partial charge in [0, 0.05) is 63.9 Å². The maximum absolute atomic E-state index is 13.2. The van der Waals surface area contributed by atoms with Gasteiger partial charge >= 0.3 is 0 Å². The number of methoxy groups -OCH3 is 1. The van der Waals surface area contributed by atoms with Crippen molar-refractivity contribution in [2.45, 2.75) is 32.5 Å². The highest BCUT2D eigenvalue weighted by Crippen LogP contribution is 2.27. The van der Waals surface area contributed by atoms with Gasteiger partial charge in [0.25, 0.3) is 5.91 Å². The number of sulfonamides is 1. The third kappa shape index (κ3) is 6.87. The van der Waals surface area contributed by atoms with Crippen LogP contribution in [-0.4, -0.2) is 86.3 Å². The van der Waals surface area contributed by atoms with Gasteiger partial charge in [0.15, 0.2) is 0 Å². The Labute approximate surface area is 201 Å². The molecule has 1 aliphatic rings. The first-order chi connectivity index (χ1) is 16.1. The molecule has 0 spiro atoms. The highest BCUT2D eigenvalue weighted by molar-refractivity contribution is 7.92. The van der Waals surface area contributed by atoms with Gasteiger partial charge in [-0.2, -0.15) is 0 Å². The molecule has 1 N–H and O–H groups in total. The number of aromatic nitrogens is 2. The van der Waals surface area contributed by atoms with Crippen molar-refractivity contribution in [2.24, 2.45) is 5.92 Å². The molecule has 1 aliphatic heterocycles. The molecule has 0 radical (unpaired) electrons. The number of nitrogens with zero attached hydrogens (tertiary/aromatic N) is 4. The van der Waals surface area contributed by atoms with Crippen LogP contribution in [0.1, 0.15) is 29.8 Å². The number of likely N-dealkylation sites (N-methyl/N-ethyl adjacent to an activating group) is 1. The number of amides is 1. The van der Waals surface area contributed by atoms with Gasteiger partial charge < -0.3 is 14.4 Å². The Morgan fingerprint density at radius 3 is 2.56 bits per heavy atom. The summed E-state index contributed by atoms with van der Waals surface area (Å²) in [6, 6.07) is 4.67. The number of carbonyl (C=O) groups is 1. The Kier molecular flexibility index (Phi) is 8.45. The lowest BCUT2D eigenvalue weighted by Gasteiger charge is -2.36. The third-order valence-electron chi connectivity index (χ3n) is 5.88. The molecule has 186 valence electrons. The normalized spacial score (nSPS) is 22.8.